The van der Waals surface area contributed by atoms with Crippen molar-refractivity contribution in [1.29, 1.82) is 0 Å². The zero-order valence-corrected chi connectivity index (χ0v) is 19.8. The summed E-state index contributed by atoms with van der Waals surface area (Å²) in [6.07, 6.45) is 3.24. The summed E-state index contributed by atoms with van der Waals surface area (Å²) < 4.78 is 23.4. The summed E-state index contributed by atoms with van der Waals surface area (Å²) in [7, 11) is -11.4. The zero-order valence-electron chi connectivity index (χ0n) is 14.0. The molecule has 0 amide bonds. The first-order valence-corrected chi connectivity index (χ1v) is 9.86. The van der Waals surface area contributed by atoms with E-state index in [4.69, 9.17) is 9.79 Å². The van der Waals surface area contributed by atoms with E-state index in [1.165, 1.54) is 4.68 Å². The quantitative estimate of drug-likeness (QED) is 0.269. The molecule has 0 spiro atoms. The second-order valence-electron chi connectivity index (χ2n) is 5.00. The molecule has 0 aliphatic carbocycles. The van der Waals surface area contributed by atoms with Crippen LogP contribution >= 0.6 is 15.2 Å². The largest absolute Gasteiger partial charge is 1.00 e. The van der Waals surface area contributed by atoms with E-state index in [1.54, 1.807) is 6.20 Å². The van der Waals surface area contributed by atoms with E-state index in [0.717, 1.165) is 25.0 Å². The van der Waals surface area contributed by atoms with Gasteiger partial charge in [-0.3, -0.25) is 4.68 Å². The maximum Gasteiger partial charge on any atom is 1.00 e. The fourth-order valence-electron chi connectivity index (χ4n) is 1.84. The van der Waals surface area contributed by atoms with Gasteiger partial charge >= 0.3 is 59.1 Å². The van der Waals surface area contributed by atoms with Crippen LogP contribution in [0, 0.1) is 0 Å². The van der Waals surface area contributed by atoms with E-state index in [2.05, 4.69) is 10.3 Å². The summed E-state index contributed by atoms with van der Waals surface area (Å²) in [5.41, 5.74) is 0.741. The monoisotopic (exact) mass is 401 g/mol. The van der Waals surface area contributed by atoms with E-state index in [9.17, 15) is 24.0 Å². The summed E-state index contributed by atoms with van der Waals surface area (Å²) in [6.45, 7) is 2.10. The smallest absolute Gasteiger partial charge is 0.776 e. The first-order chi connectivity index (χ1) is 10.0. The number of aliphatic hydroxyl groups is 1. The third-order valence-electron chi connectivity index (χ3n) is 3.18. The van der Waals surface area contributed by atoms with Crippen LogP contribution in [0.1, 0.15) is 38.3 Å². The first-order valence-electron chi connectivity index (χ1n) is 6.70. The molecule has 3 N–H and O–H groups in total. The Hall–Kier alpha value is 1.40. The topological polar surface area (TPSA) is 172 Å². The molecule has 10 nitrogen and oxygen atoms in total. The van der Waals surface area contributed by atoms with Crippen molar-refractivity contribution in [2.45, 2.75) is 50.7 Å². The van der Waals surface area contributed by atoms with Crippen LogP contribution in [0.25, 0.3) is 0 Å². The van der Waals surface area contributed by atoms with Crippen molar-refractivity contribution in [1.82, 2.24) is 15.0 Å². The van der Waals surface area contributed by atoms with Gasteiger partial charge in [-0.15, -0.1) is 5.10 Å². The Bertz CT molecular complexity index is 567. The minimum Gasteiger partial charge on any atom is -0.776 e. The summed E-state index contributed by atoms with van der Waals surface area (Å²) >= 11 is 0. The molecule has 0 radical (unpaired) electrons. The fourth-order valence-corrected chi connectivity index (χ4v) is 4.00. The summed E-state index contributed by atoms with van der Waals surface area (Å²) in [6, 6.07) is 0. The average molecular weight is 401 g/mol. The van der Waals surface area contributed by atoms with Crippen molar-refractivity contribution in [2.75, 3.05) is 0 Å². The van der Waals surface area contributed by atoms with Gasteiger partial charge in [-0.05, 0) is 25.7 Å². The van der Waals surface area contributed by atoms with E-state index in [0.29, 0.717) is 0 Å². The molecular formula is C10H19N3Na2O7P2. The molecule has 2 atom stereocenters. The molecule has 1 aromatic rings. The van der Waals surface area contributed by atoms with E-state index < -0.39 is 26.7 Å². The minimum absolute atomic E-state index is 0. The van der Waals surface area contributed by atoms with Crippen molar-refractivity contribution in [3.63, 3.8) is 0 Å². The molecule has 1 aromatic heterocycles. The van der Waals surface area contributed by atoms with Gasteiger partial charge < -0.3 is 33.8 Å². The Morgan fingerprint density at radius 3 is 2.21 bits per heavy atom. The molecule has 14 heteroatoms. The molecule has 1 rings (SSSR count). The summed E-state index contributed by atoms with van der Waals surface area (Å²) in [5.74, 6) is 0. The van der Waals surface area contributed by atoms with Gasteiger partial charge in [0, 0.05) is 12.7 Å². The van der Waals surface area contributed by atoms with Crippen LogP contribution in [-0.2, 0) is 22.1 Å². The van der Waals surface area contributed by atoms with E-state index >= 15 is 0 Å². The number of nitrogens with zero attached hydrogens (tertiary/aromatic N) is 3. The van der Waals surface area contributed by atoms with Gasteiger partial charge in [0.2, 0.25) is 0 Å². The Kier molecular flexibility index (Phi) is 13.0. The van der Waals surface area contributed by atoms with Crippen LogP contribution in [0.15, 0.2) is 6.20 Å². The zero-order chi connectivity index (χ0) is 17.0. The Morgan fingerprint density at radius 1 is 1.21 bits per heavy atom. The van der Waals surface area contributed by atoms with Gasteiger partial charge in [-0.25, -0.2) is 0 Å². The molecule has 0 fully saturated rings. The SMILES string of the molecule is CCCCc1cn(CCCC(O)(P(=O)([O-])O)P(=O)([O-])O)nn1.[Na+].[Na+]. The molecule has 0 saturated heterocycles. The Balaban J connectivity index is 0. The van der Waals surface area contributed by atoms with Gasteiger partial charge in [0.15, 0.2) is 20.3 Å². The second-order valence-corrected chi connectivity index (χ2v) is 8.91. The first kappa shape index (κ1) is 27.6. The molecule has 128 valence electrons. The van der Waals surface area contributed by atoms with Crippen LogP contribution in [0.5, 0.6) is 0 Å². The van der Waals surface area contributed by atoms with Crippen LogP contribution in [0.3, 0.4) is 0 Å². The van der Waals surface area contributed by atoms with Crippen LogP contribution in [0.2, 0.25) is 0 Å². The van der Waals surface area contributed by atoms with Crippen molar-refractivity contribution < 1.29 is 92.9 Å². The molecule has 1 heterocycles. The predicted octanol–water partition coefficient (Wildman–Crippen LogP) is -6.85. The van der Waals surface area contributed by atoms with Crippen LogP contribution in [0.4, 0.5) is 0 Å². The normalized spacial score (nSPS) is 18.4. The molecule has 2 unspecified atom stereocenters. The van der Waals surface area contributed by atoms with Gasteiger partial charge in [0.05, 0.1) is 5.69 Å². The average Bonchev–Trinajstić information content (AvgIpc) is 2.81. The fraction of sp³-hybridized carbons (Fsp3) is 0.800. The molecule has 0 saturated carbocycles. The van der Waals surface area contributed by atoms with Crippen molar-refractivity contribution in [2.24, 2.45) is 0 Å². The van der Waals surface area contributed by atoms with Crippen LogP contribution < -0.4 is 68.9 Å². The van der Waals surface area contributed by atoms with Gasteiger partial charge in [-0.2, -0.15) is 0 Å². The predicted molar refractivity (Wildman–Crippen MR) is 72.5 cm³/mol. The number of rotatable bonds is 9. The Morgan fingerprint density at radius 2 is 1.75 bits per heavy atom. The number of aryl methyl sites for hydroxylation is 2. The van der Waals surface area contributed by atoms with E-state index in [-0.39, 0.29) is 72.1 Å². The second kappa shape index (κ2) is 11.3. The van der Waals surface area contributed by atoms with Crippen molar-refractivity contribution in [3.8, 4) is 0 Å². The maximum absolute atomic E-state index is 11.0. The number of aromatic nitrogens is 3. The minimum atomic E-state index is -5.71. The van der Waals surface area contributed by atoms with Gasteiger partial charge in [0.25, 0.3) is 0 Å². The summed E-state index contributed by atoms with van der Waals surface area (Å²) in [4.78, 5) is 39.8. The van der Waals surface area contributed by atoms with Crippen LogP contribution in [-0.4, -0.2) is 35.0 Å². The number of unbranched alkanes of at least 4 members (excludes halogenated alkanes) is 1. The van der Waals surface area contributed by atoms with Crippen molar-refractivity contribution in [3.05, 3.63) is 11.9 Å². The summed E-state index contributed by atoms with van der Waals surface area (Å²) in [5, 5.41) is 13.7. The number of hydrogen-bond donors (Lipinski definition) is 3. The number of hydrogen-bond acceptors (Lipinski definition) is 7. The van der Waals surface area contributed by atoms with Gasteiger partial charge in [0.1, 0.15) is 0 Å². The third kappa shape index (κ3) is 7.56. The maximum atomic E-state index is 11.0. The van der Waals surface area contributed by atoms with Crippen molar-refractivity contribution >= 4 is 15.2 Å². The standard InChI is InChI=1S/C10H21N3O7P2.2Na/c1-2-3-5-9-8-13(12-11-9)7-4-6-10(14,21(15,16)17)22(18,19)20;;/h8,14H,2-7H2,1H3,(H2,15,16,17)(H2,18,19,20);;/q;2*+1/p-2. The molecule has 0 aliphatic rings. The van der Waals surface area contributed by atoms with Gasteiger partial charge in [-0.1, -0.05) is 18.6 Å². The van der Waals surface area contributed by atoms with E-state index in [1.807, 2.05) is 6.92 Å². The third-order valence-corrected chi connectivity index (χ3v) is 6.95. The molecular weight excluding hydrogens is 382 g/mol. The molecule has 24 heavy (non-hydrogen) atoms. The molecule has 0 aromatic carbocycles. The molecule has 0 aliphatic heterocycles. The molecule has 0 bridgehead atoms. The Labute approximate surface area is 184 Å².